The number of carboxylic acid groups (broad SMARTS) is 1. The van der Waals surface area contributed by atoms with E-state index in [-0.39, 0.29) is 29.0 Å². The lowest BCUT2D eigenvalue weighted by Gasteiger charge is -2.41. The third-order valence-electron chi connectivity index (χ3n) is 5.05. The second-order valence-electron chi connectivity index (χ2n) is 7.36. The van der Waals surface area contributed by atoms with Crippen molar-refractivity contribution in [1.29, 1.82) is 0 Å². The number of aliphatic carboxylic acids is 1. The molecular formula is C22H22ClNO6. The Hall–Kier alpha value is -2.90. The van der Waals surface area contributed by atoms with Crippen LogP contribution in [-0.2, 0) is 9.53 Å². The largest absolute Gasteiger partial charge is 0.506 e. The highest BCUT2D eigenvalue weighted by molar-refractivity contribution is 6.32. The molecule has 1 heterocycles. The Kier molecular flexibility index (Phi) is 6.74. The molecule has 0 radical (unpaired) electrons. The highest BCUT2D eigenvalue weighted by Gasteiger charge is 2.47. The summed E-state index contributed by atoms with van der Waals surface area (Å²) in [4.78, 5) is 27.5. The first-order valence-electron chi connectivity index (χ1n) is 9.42. The van der Waals surface area contributed by atoms with Gasteiger partial charge in [-0.15, -0.1) is 0 Å². The number of benzene rings is 1. The van der Waals surface area contributed by atoms with Crippen molar-refractivity contribution in [2.24, 2.45) is 5.41 Å². The van der Waals surface area contributed by atoms with Gasteiger partial charge >= 0.3 is 5.97 Å². The van der Waals surface area contributed by atoms with E-state index in [4.69, 9.17) is 26.2 Å². The first kappa shape index (κ1) is 21.8. The van der Waals surface area contributed by atoms with Gasteiger partial charge in [-0.05, 0) is 50.1 Å². The zero-order valence-corrected chi connectivity index (χ0v) is 17.1. The highest BCUT2D eigenvalue weighted by Crippen LogP contribution is 2.42. The molecule has 1 saturated carbocycles. The summed E-state index contributed by atoms with van der Waals surface area (Å²) in [7, 11) is 0. The van der Waals surface area contributed by atoms with E-state index in [2.05, 4.69) is 4.98 Å². The summed E-state index contributed by atoms with van der Waals surface area (Å²) in [5.41, 5.74) is 0.0519. The van der Waals surface area contributed by atoms with E-state index in [9.17, 15) is 14.7 Å². The number of ether oxygens (including phenoxy) is 2. The first-order valence-corrected chi connectivity index (χ1v) is 9.79. The molecule has 0 unspecified atom stereocenters. The minimum atomic E-state index is -0.800. The SMILES string of the molecule is CC1(C(=O)O)CC(OCCOc2cnccc2/C=C/C(=O)c2cccc(Cl)c2O)C1. The third-order valence-corrected chi connectivity index (χ3v) is 5.36. The molecule has 1 aromatic heterocycles. The quantitative estimate of drug-likeness (QED) is 0.351. The molecule has 1 aromatic carbocycles. The number of carbonyl (C=O) groups is 2. The lowest BCUT2D eigenvalue weighted by Crippen LogP contribution is -2.46. The van der Waals surface area contributed by atoms with E-state index in [1.54, 1.807) is 31.3 Å². The average Bonchev–Trinajstić information content (AvgIpc) is 2.70. The molecule has 0 saturated heterocycles. The normalized spacial score (nSPS) is 20.7. The Labute approximate surface area is 178 Å². The van der Waals surface area contributed by atoms with Crippen molar-refractivity contribution >= 4 is 29.4 Å². The van der Waals surface area contributed by atoms with E-state index in [0.717, 1.165) is 0 Å². The number of ketones is 1. The van der Waals surface area contributed by atoms with Gasteiger partial charge in [0.25, 0.3) is 0 Å². The second-order valence-corrected chi connectivity index (χ2v) is 7.77. The van der Waals surface area contributed by atoms with Gasteiger partial charge in [-0.3, -0.25) is 14.6 Å². The van der Waals surface area contributed by atoms with Gasteiger partial charge in [-0.2, -0.15) is 0 Å². The van der Waals surface area contributed by atoms with Crippen LogP contribution in [0, 0.1) is 5.41 Å². The summed E-state index contributed by atoms with van der Waals surface area (Å²) in [5, 5.41) is 19.2. The van der Waals surface area contributed by atoms with Crippen molar-refractivity contribution < 1.29 is 29.3 Å². The van der Waals surface area contributed by atoms with Gasteiger partial charge in [0.05, 0.1) is 34.9 Å². The monoisotopic (exact) mass is 431 g/mol. The Balaban J connectivity index is 1.53. The molecule has 2 N–H and O–H groups in total. The van der Waals surface area contributed by atoms with Gasteiger partial charge in [0.15, 0.2) is 5.78 Å². The van der Waals surface area contributed by atoms with Crippen LogP contribution in [0.4, 0.5) is 0 Å². The minimum Gasteiger partial charge on any atom is -0.506 e. The summed E-state index contributed by atoms with van der Waals surface area (Å²) in [6.07, 6.45) is 6.90. The molecule has 0 amide bonds. The zero-order valence-electron chi connectivity index (χ0n) is 16.4. The van der Waals surface area contributed by atoms with Crippen LogP contribution in [0.1, 0.15) is 35.7 Å². The van der Waals surface area contributed by atoms with Crippen LogP contribution < -0.4 is 4.74 Å². The molecule has 7 nitrogen and oxygen atoms in total. The van der Waals surface area contributed by atoms with Crippen LogP contribution in [0.2, 0.25) is 5.02 Å². The number of aromatic nitrogens is 1. The van der Waals surface area contributed by atoms with Gasteiger partial charge in [-0.1, -0.05) is 17.7 Å². The fraction of sp³-hybridized carbons (Fsp3) is 0.318. The lowest BCUT2D eigenvalue weighted by atomic mass is 9.68. The number of halogens is 1. The van der Waals surface area contributed by atoms with Crippen LogP contribution in [0.25, 0.3) is 6.08 Å². The van der Waals surface area contributed by atoms with Crippen LogP contribution in [-0.4, -0.2) is 46.3 Å². The number of hydrogen-bond donors (Lipinski definition) is 2. The molecule has 0 bridgehead atoms. The van der Waals surface area contributed by atoms with E-state index in [0.29, 0.717) is 30.8 Å². The third kappa shape index (κ3) is 4.98. The predicted molar refractivity (Wildman–Crippen MR) is 111 cm³/mol. The topological polar surface area (TPSA) is 106 Å². The van der Waals surface area contributed by atoms with Crippen LogP contribution >= 0.6 is 11.6 Å². The van der Waals surface area contributed by atoms with Crippen LogP contribution in [0.5, 0.6) is 11.5 Å². The van der Waals surface area contributed by atoms with Crippen LogP contribution in [0.15, 0.2) is 42.7 Å². The summed E-state index contributed by atoms with van der Waals surface area (Å²) in [6.45, 7) is 2.29. The number of aromatic hydroxyl groups is 1. The molecule has 8 heteroatoms. The molecule has 3 rings (SSSR count). The van der Waals surface area contributed by atoms with E-state index in [1.165, 1.54) is 24.4 Å². The van der Waals surface area contributed by atoms with E-state index in [1.807, 2.05) is 0 Å². The molecule has 1 aliphatic carbocycles. The molecule has 0 aliphatic heterocycles. The number of pyridine rings is 1. The van der Waals surface area contributed by atoms with Crippen molar-refractivity contribution in [2.75, 3.05) is 13.2 Å². The maximum atomic E-state index is 12.4. The van der Waals surface area contributed by atoms with E-state index >= 15 is 0 Å². The Morgan fingerprint density at radius 3 is 2.80 bits per heavy atom. The summed E-state index contributed by atoms with van der Waals surface area (Å²) in [6, 6.07) is 6.28. The molecule has 158 valence electrons. The number of para-hydroxylation sites is 1. The van der Waals surface area contributed by atoms with Crippen molar-refractivity contribution in [2.45, 2.75) is 25.9 Å². The molecule has 0 atom stereocenters. The Morgan fingerprint density at radius 1 is 1.30 bits per heavy atom. The number of hydrogen-bond acceptors (Lipinski definition) is 6. The fourth-order valence-corrected chi connectivity index (χ4v) is 3.40. The van der Waals surface area contributed by atoms with E-state index < -0.39 is 17.2 Å². The smallest absolute Gasteiger partial charge is 0.309 e. The van der Waals surface area contributed by atoms with Gasteiger partial charge in [-0.25, -0.2) is 0 Å². The maximum absolute atomic E-state index is 12.4. The maximum Gasteiger partial charge on any atom is 0.309 e. The number of carbonyl (C=O) groups excluding carboxylic acids is 1. The molecular weight excluding hydrogens is 410 g/mol. The van der Waals surface area contributed by atoms with Gasteiger partial charge in [0.1, 0.15) is 18.1 Å². The van der Waals surface area contributed by atoms with Crippen molar-refractivity contribution in [3.8, 4) is 11.5 Å². The minimum absolute atomic E-state index is 0.0778. The van der Waals surface area contributed by atoms with Gasteiger partial charge in [0.2, 0.25) is 0 Å². The standard InChI is InChI=1S/C22H22ClNO6/c1-22(21(27)28)11-15(12-22)29-9-10-30-19-13-24-8-7-14(19)5-6-18(25)16-3-2-4-17(23)20(16)26/h2-8,13,15,26H,9-12H2,1H3,(H,27,28)/b6-5+. The summed E-state index contributed by atoms with van der Waals surface area (Å²) in [5.74, 6) is -0.977. The van der Waals surface area contributed by atoms with Gasteiger partial charge < -0.3 is 19.7 Å². The van der Waals surface area contributed by atoms with Gasteiger partial charge in [0, 0.05) is 11.8 Å². The fourth-order valence-electron chi connectivity index (χ4n) is 3.22. The Bertz CT molecular complexity index is 968. The lowest BCUT2D eigenvalue weighted by molar-refractivity contribution is -0.165. The molecule has 1 aliphatic rings. The first-order chi connectivity index (χ1) is 14.3. The summed E-state index contributed by atoms with van der Waals surface area (Å²) < 4.78 is 11.3. The number of phenols is 1. The second kappa shape index (κ2) is 9.28. The molecule has 2 aromatic rings. The average molecular weight is 432 g/mol. The highest BCUT2D eigenvalue weighted by atomic mass is 35.5. The number of nitrogens with zero attached hydrogens (tertiary/aromatic N) is 1. The summed E-state index contributed by atoms with van der Waals surface area (Å²) >= 11 is 5.84. The molecule has 1 fully saturated rings. The zero-order chi connectivity index (χ0) is 21.7. The Morgan fingerprint density at radius 2 is 2.07 bits per heavy atom. The van der Waals surface area contributed by atoms with Crippen molar-refractivity contribution in [3.05, 3.63) is 58.9 Å². The number of phenolic OH excluding ortho intramolecular Hbond substituents is 1. The predicted octanol–water partition coefficient (Wildman–Crippen LogP) is 3.99. The number of rotatable bonds is 9. The van der Waals surface area contributed by atoms with Crippen molar-refractivity contribution in [1.82, 2.24) is 4.98 Å². The number of allylic oxidation sites excluding steroid dienone is 1. The number of carboxylic acids is 1. The van der Waals surface area contributed by atoms with Crippen molar-refractivity contribution in [3.63, 3.8) is 0 Å². The molecule has 30 heavy (non-hydrogen) atoms. The molecule has 0 spiro atoms. The van der Waals surface area contributed by atoms with Crippen LogP contribution in [0.3, 0.4) is 0 Å².